The zero-order valence-corrected chi connectivity index (χ0v) is 24.7. The van der Waals surface area contributed by atoms with E-state index in [1.807, 2.05) is 11.9 Å². The van der Waals surface area contributed by atoms with Gasteiger partial charge in [0.25, 0.3) is 0 Å². The van der Waals surface area contributed by atoms with Gasteiger partial charge in [0.1, 0.15) is 0 Å². The van der Waals surface area contributed by atoms with E-state index in [1.165, 1.54) is 83.7 Å². The zero-order valence-electron chi connectivity index (χ0n) is 23.9. The largest absolute Gasteiger partial charge is 0.312 e. The summed E-state index contributed by atoms with van der Waals surface area (Å²) in [6.45, 7) is 15.8. The number of nitrogens with zero attached hydrogens (tertiary/aromatic N) is 1. The van der Waals surface area contributed by atoms with Gasteiger partial charge in [0, 0.05) is 42.7 Å². The molecule has 0 spiro atoms. The lowest BCUT2D eigenvalue weighted by Gasteiger charge is -2.50. The van der Waals surface area contributed by atoms with Gasteiger partial charge in [-0.2, -0.15) is 0 Å². The second kappa shape index (κ2) is 11.7. The summed E-state index contributed by atoms with van der Waals surface area (Å²) in [5, 5.41) is 16.7. The van der Waals surface area contributed by atoms with Crippen LogP contribution in [0.1, 0.15) is 105 Å². The number of hydrogen-bond acceptors (Lipinski definition) is 7. The monoisotopic (exact) mass is 520 g/mol. The van der Waals surface area contributed by atoms with Gasteiger partial charge in [0.15, 0.2) is 0 Å². The van der Waals surface area contributed by atoms with Gasteiger partial charge in [0.05, 0.1) is 17.7 Å². The maximum atomic E-state index is 4.21. The van der Waals surface area contributed by atoms with Gasteiger partial charge in [-0.25, -0.2) is 0 Å². The number of rotatable bonds is 1. The van der Waals surface area contributed by atoms with Gasteiger partial charge in [-0.1, -0.05) is 39.1 Å². The molecule has 5 N–H and O–H groups in total. The van der Waals surface area contributed by atoms with E-state index in [9.17, 15) is 0 Å². The molecule has 0 aliphatic carbocycles. The van der Waals surface area contributed by atoms with E-state index in [0.717, 1.165) is 12.5 Å². The van der Waals surface area contributed by atoms with Gasteiger partial charge < -0.3 is 5.32 Å². The number of piperidine rings is 3. The molecule has 7 heteroatoms. The molecule has 6 nitrogen and oxygen atoms in total. The summed E-state index contributed by atoms with van der Waals surface area (Å²) in [6.07, 6.45) is 15.4. The fourth-order valence-electron chi connectivity index (χ4n) is 7.98. The summed E-state index contributed by atoms with van der Waals surface area (Å²) in [6, 6.07) is 1.80. The Morgan fingerprint density at radius 1 is 0.833 bits per heavy atom. The highest BCUT2D eigenvalue weighted by molar-refractivity contribution is 7.98. The molecule has 0 amide bonds. The Balaban J connectivity index is 1.36. The van der Waals surface area contributed by atoms with Crippen LogP contribution in [-0.4, -0.2) is 65.9 Å². The van der Waals surface area contributed by atoms with Crippen LogP contribution in [0.15, 0.2) is 0 Å². The molecule has 5 rings (SSSR count). The first kappa shape index (κ1) is 27.7. The first-order valence-electron chi connectivity index (χ1n) is 15.4. The Kier molecular flexibility index (Phi) is 8.99. The van der Waals surface area contributed by atoms with Crippen LogP contribution in [-0.2, 0) is 0 Å². The normalized spacial score (nSPS) is 44.8. The summed E-state index contributed by atoms with van der Waals surface area (Å²) in [5.74, 6) is 1.46. The number of fused-ring (bicyclic) bond motifs is 6. The van der Waals surface area contributed by atoms with E-state index in [4.69, 9.17) is 0 Å². The zero-order chi connectivity index (χ0) is 25.3. The molecule has 5 heterocycles. The van der Waals surface area contributed by atoms with E-state index >= 15 is 0 Å². The molecule has 0 aromatic rings. The minimum absolute atomic E-state index is 0.259. The predicted octanol–water partition coefficient (Wildman–Crippen LogP) is 4.38. The minimum atomic E-state index is 0.259. The lowest BCUT2D eigenvalue weighted by atomic mass is 9.78. The van der Waals surface area contributed by atoms with Crippen molar-refractivity contribution in [3.05, 3.63) is 0 Å². The van der Waals surface area contributed by atoms with E-state index < -0.39 is 0 Å². The average Bonchev–Trinajstić information content (AvgIpc) is 3.15. The van der Waals surface area contributed by atoms with Crippen LogP contribution < -0.4 is 26.0 Å². The molecule has 208 valence electrons. The van der Waals surface area contributed by atoms with E-state index in [1.54, 1.807) is 0 Å². The summed E-state index contributed by atoms with van der Waals surface area (Å²) >= 11 is 1.96. The number of nitrogens with one attached hydrogen (secondary N) is 5. The summed E-state index contributed by atoms with van der Waals surface area (Å²) in [5.41, 5.74) is 0.564. The second-order valence-corrected chi connectivity index (χ2v) is 15.5. The van der Waals surface area contributed by atoms with Crippen molar-refractivity contribution in [3.63, 3.8) is 0 Å². The summed E-state index contributed by atoms with van der Waals surface area (Å²) in [4.78, 5) is 2.89. The molecule has 36 heavy (non-hydrogen) atoms. The second-order valence-electron chi connectivity index (χ2n) is 14.4. The molecule has 0 radical (unpaired) electrons. The Morgan fingerprint density at radius 2 is 1.69 bits per heavy atom. The Hall–Kier alpha value is 0.110. The highest BCUT2D eigenvalue weighted by Crippen LogP contribution is 2.41. The quantitative estimate of drug-likeness (QED) is 0.329. The third-order valence-electron chi connectivity index (χ3n) is 10.1. The van der Waals surface area contributed by atoms with Crippen molar-refractivity contribution >= 4 is 11.9 Å². The minimum Gasteiger partial charge on any atom is -0.312 e. The molecule has 9 atom stereocenters. The Labute approximate surface area is 226 Å². The average molecular weight is 521 g/mol. The first-order valence-corrected chi connectivity index (χ1v) is 16.2. The molecule has 5 fully saturated rings. The van der Waals surface area contributed by atoms with Crippen LogP contribution in [0.2, 0.25) is 0 Å². The molecule has 0 aromatic heterocycles. The van der Waals surface area contributed by atoms with E-state index in [0.29, 0.717) is 47.2 Å². The standard InChI is InChI=1S/C29H56N6S/c1-28(2,3)24-15-13-21-18-31-36-26-11-8-10-25(34-26)32-23(22-9-6-7-16-30-22)14-12-20-17-29(4,5)35(19-20)27(21)33-24/h20-27,30-34H,6-19H2,1-5H3/t20-,21?,22?,23?,24?,25?,26?,27?/m0/s1. The van der Waals surface area contributed by atoms with Crippen molar-refractivity contribution in [2.24, 2.45) is 17.3 Å². The molecular formula is C29H56N6S. The third kappa shape index (κ3) is 6.63. The molecule has 0 aromatic carbocycles. The van der Waals surface area contributed by atoms with Gasteiger partial charge >= 0.3 is 0 Å². The van der Waals surface area contributed by atoms with Crippen molar-refractivity contribution in [2.75, 3.05) is 19.6 Å². The maximum absolute atomic E-state index is 4.21. The summed E-state index contributed by atoms with van der Waals surface area (Å²) < 4.78 is 3.87. The Bertz CT molecular complexity index is 704. The third-order valence-corrected chi connectivity index (χ3v) is 11.1. The molecule has 0 saturated carbocycles. The molecule has 8 unspecified atom stereocenters. The maximum Gasteiger partial charge on any atom is 0.0690 e. The fourth-order valence-corrected chi connectivity index (χ4v) is 9.01. The lowest BCUT2D eigenvalue weighted by Crippen LogP contribution is -2.63. The van der Waals surface area contributed by atoms with Gasteiger partial charge in [-0.15, -0.1) is 0 Å². The first-order chi connectivity index (χ1) is 17.2. The fraction of sp³-hybridized carbons (Fsp3) is 1.00. The van der Waals surface area contributed by atoms with Crippen molar-refractivity contribution in [1.29, 1.82) is 0 Å². The van der Waals surface area contributed by atoms with E-state index in [2.05, 4.69) is 65.5 Å². The van der Waals surface area contributed by atoms with Crippen molar-refractivity contribution in [2.45, 2.75) is 147 Å². The van der Waals surface area contributed by atoms with Crippen molar-refractivity contribution in [3.8, 4) is 0 Å². The smallest absolute Gasteiger partial charge is 0.0690 e. The number of hydrogen-bond donors (Lipinski definition) is 5. The SMILES string of the molecule is CC(C)(C)C1CCC2CNSC3CCCC(N3)NC(C3CCCCN3)CC[C@@H]3CN(C2N1)C(C)(C)C3. The van der Waals surface area contributed by atoms with Gasteiger partial charge in [-0.3, -0.25) is 25.6 Å². The van der Waals surface area contributed by atoms with Crippen LogP contribution in [0.25, 0.3) is 0 Å². The van der Waals surface area contributed by atoms with Crippen LogP contribution >= 0.6 is 11.9 Å². The van der Waals surface area contributed by atoms with Gasteiger partial charge in [-0.05, 0) is 95.9 Å². The van der Waals surface area contributed by atoms with Crippen LogP contribution in [0.5, 0.6) is 0 Å². The van der Waals surface area contributed by atoms with Crippen LogP contribution in [0.3, 0.4) is 0 Å². The highest BCUT2D eigenvalue weighted by atomic mass is 32.2. The van der Waals surface area contributed by atoms with Crippen LogP contribution in [0, 0.1) is 17.3 Å². The van der Waals surface area contributed by atoms with Crippen molar-refractivity contribution in [1.82, 2.24) is 30.9 Å². The molecule has 4 bridgehead atoms. The molecule has 5 aliphatic rings. The predicted molar refractivity (Wildman–Crippen MR) is 154 cm³/mol. The lowest BCUT2D eigenvalue weighted by molar-refractivity contribution is 0.00551. The van der Waals surface area contributed by atoms with Crippen molar-refractivity contribution < 1.29 is 0 Å². The topological polar surface area (TPSA) is 63.4 Å². The Morgan fingerprint density at radius 3 is 2.47 bits per heavy atom. The van der Waals surface area contributed by atoms with E-state index in [-0.39, 0.29) is 5.54 Å². The molecule has 5 aliphatic heterocycles. The molecular weight excluding hydrogens is 464 g/mol. The summed E-state index contributed by atoms with van der Waals surface area (Å²) in [7, 11) is 0. The van der Waals surface area contributed by atoms with Gasteiger partial charge in [0.2, 0.25) is 0 Å². The van der Waals surface area contributed by atoms with Crippen LogP contribution in [0.4, 0.5) is 0 Å². The molecule has 5 saturated heterocycles. The highest BCUT2D eigenvalue weighted by Gasteiger charge is 2.47.